The van der Waals surface area contributed by atoms with Crippen molar-refractivity contribution in [2.24, 2.45) is 4.99 Å². The lowest BCUT2D eigenvalue weighted by molar-refractivity contribution is 0.423. The molecular formula is C34H31FN4O6S2. The summed E-state index contributed by atoms with van der Waals surface area (Å²) in [6, 6.07) is 23.4. The molecule has 1 fully saturated rings. The molecule has 0 bridgehead atoms. The van der Waals surface area contributed by atoms with Crippen molar-refractivity contribution >= 4 is 48.4 Å². The van der Waals surface area contributed by atoms with Crippen LogP contribution in [-0.4, -0.2) is 50.1 Å². The molecule has 0 aliphatic carbocycles. The number of pyridine rings is 1. The summed E-state index contributed by atoms with van der Waals surface area (Å²) in [4.78, 5) is 18.0. The van der Waals surface area contributed by atoms with Gasteiger partial charge in [0, 0.05) is 30.1 Å². The van der Waals surface area contributed by atoms with Crippen LogP contribution in [0.3, 0.4) is 0 Å². The van der Waals surface area contributed by atoms with E-state index >= 15 is 0 Å². The molecule has 47 heavy (non-hydrogen) atoms. The quantitative estimate of drug-likeness (QED) is 0.195. The van der Waals surface area contributed by atoms with E-state index in [-0.39, 0.29) is 32.1 Å². The third kappa shape index (κ3) is 6.55. The van der Waals surface area contributed by atoms with Gasteiger partial charge in [-0.3, -0.25) is 14.5 Å². The first kappa shape index (κ1) is 32.1. The van der Waals surface area contributed by atoms with Gasteiger partial charge in [0.2, 0.25) is 15.9 Å². The van der Waals surface area contributed by atoms with Crippen LogP contribution >= 0.6 is 0 Å². The van der Waals surface area contributed by atoms with Crippen molar-refractivity contribution in [2.75, 3.05) is 17.8 Å². The van der Waals surface area contributed by atoms with Gasteiger partial charge in [0.1, 0.15) is 5.82 Å². The third-order valence-corrected chi connectivity index (χ3v) is 11.2. The Morgan fingerprint density at radius 3 is 2.17 bits per heavy atom. The van der Waals surface area contributed by atoms with Crippen LogP contribution in [0.4, 0.5) is 15.8 Å². The number of sulfonamides is 2. The zero-order valence-corrected chi connectivity index (χ0v) is 26.7. The summed E-state index contributed by atoms with van der Waals surface area (Å²) >= 11 is 0. The predicted molar refractivity (Wildman–Crippen MR) is 179 cm³/mol. The van der Waals surface area contributed by atoms with E-state index in [2.05, 4.69) is 9.71 Å². The lowest BCUT2D eigenvalue weighted by Gasteiger charge is -2.20. The van der Waals surface area contributed by atoms with E-state index in [4.69, 9.17) is 0 Å². The maximum atomic E-state index is 14.2. The van der Waals surface area contributed by atoms with Crippen molar-refractivity contribution in [3.8, 4) is 11.6 Å². The zero-order chi connectivity index (χ0) is 33.2. The molecule has 13 heteroatoms. The van der Waals surface area contributed by atoms with Gasteiger partial charge >= 0.3 is 0 Å². The highest BCUT2D eigenvalue weighted by molar-refractivity contribution is 7.92. The van der Waals surface area contributed by atoms with Crippen LogP contribution in [0.5, 0.6) is 5.88 Å². The molecule has 1 saturated heterocycles. The Morgan fingerprint density at radius 2 is 1.43 bits per heavy atom. The molecule has 1 aromatic heterocycles. The molecule has 2 N–H and O–H groups in total. The van der Waals surface area contributed by atoms with E-state index in [0.717, 1.165) is 36.3 Å². The fourth-order valence-corrected chi connectivity index (χ4v) is 8.22. The molecule has 242 valence electrons. The minimum absolute atomic E-state index is 0.0369. The van der Waals surface area contributed by atoms with Crippen molar-refractivity contribution in [3.05, 3.63) is 119 Å². The maximum Gasteiger partial charge on any atom is 0.265 e. The molecule has 0 saturated carbocycles. The van der Waals surface area contributed by atoms with Crippen molar-refractivity contribution < 1.29 is 26.3 Å². The highest BCUT2D eigenvalue weighted by Gasteiger charge is 2.25. The predicted octanol–water partition coefficient (Wildman–Crippen LogP) is 5.95. The molecule has 0 unspecified atom stereocenters. The van der Waals surface area contributed by atoms with Crippen molar-refractivity contribution in [1.29, 1.82) is 0 Å². The van der Waals surface area contributed by atoms with Gasteiger partial charge < -0.3 is 5.11 Å². The first-order valence-electron chi connectivity index (χ1n) is 14.9. The number of aromatic hydroxyl groups is 1. The second kappa shape index (κ2) is 13.1. The van der Waals surface area contributed by atoms with E-state index in [0.29, 0.717) is 24.2 Å². The number of hydrogen-bond acceptors (Lipinski definition) is 7. The van der Waals surface area contributed by atoms with Crippen molar-refractivity contribution in [1.82, 2.24) is 8.87 Å². The Balaban J connectivity index is 1.40. The Bertz CT molecular complexity index is 2280. The second-order valence-electron chi connectivity index (χ2n) is 11.1. The van der Waals surface area contributed by atoms with E-state index in [1.807, 2.05) is 0 Å². The summed E-state index contributed by atoms with van der Waals surface area (Å²) in [5, 5.41) is 12.1. The number of benzene rings is 4. The summed E-state index contributed by atoms with van der Waals surface area (Å²) < 4.78 is 72.0. The van der Waals surface area contributed by atoms with Crippen LogP contribution in [0.15, 0.2) is 117 Å². The smallest absolute Gasteiger partial charge is 0.265 e. The number of halogens is 1. The average Bonchev–Trinajstić information content (AvgIpc) is 3.37. The number of nitrogens with one attached hydrogen (secondary N) is 1. The standard InChI is InChI=1S/C34H31FN4O6S2/c35-31-17-5-6-18-32(31)37-46(42,43)26-13-10-12-25(22-26)39-33(40)29-16-4-3-15-28(29)30(34(39)41)23-36-24-11-9-14-27(21-24)47(44,45)38-19-7-1-2-8-20-38/h3-6,9-18,21-23,37,41H,1-2,7-8,19-20H2. The molecule has 4 aromatic carbocycles. The zero-order valence-electron chi connectivity index (χ0n) is 25.1. The number of aromatic nitrogens is 1. The summed E-state index contributed by atoms with van der Waals surface area (Å²) in [6.45, 7) is 0.915. The van der Waals surface area contributed by atoms with Gasteiger partial charge in [0.25, 0.3) is 15.6 Å². The minimum Gasteiger partial charge on any atom is -0.494 e. The molecule has 0 atom stereocenters. The molecular weight excluding hydrogens is 644 g/mol. The first-order chi connectivity index (χ1) is 22.6. The monoisotopic (exact) mass is 674 g/mol. The number of fused-ring (bicyclic) bond motifs is 1. The Labute approximate surface area is 271 Å². The fraction of sp³-hybridized carbons (Fsp3) is 0.176. The topological polar surface area (TPSA) is 138 Å². The van der Waals surface area contributed by atoms with Gasteiger partial charge in [-0.2, -0.15) is 4.31 Å². The normalized spacial score (nSPS) is 14.7. The number of aliphatic imine (C=N–C) groups is 1. The Morgan fingerprint density at radius 1 is 0.766 bits per heavy atom. The summed E-state index contributed by atoms with van der Waals surface area (Å²) in [5.74, 6) is -1.27. The van der Waals surface area contributed by atoms with Crippen LogP contribution in [-0.2, 0) is 20.0 Å². The number of para-hydroxylation sites is 1. The number of anilines is 1. The fourth-order valence-electron chi connectivity index (χ4n) is 5.56. The molecule has 5 aromatic rings. The molecule has 0 radical (unpaired) electrons. The summed E-state index contributed by atoms with van der Waals surface area (Å²) in [5.41, 5.74) is -0.356. The van der Waals surface area contributed by atoms with Gasteiger partial charge in [0.05, 0.1) is 32.4 Å². The van der Waals surface area contributed by atoms with Crippen LogP contribution in [0.1, 0.15) is 31.2 Å². The van der Waals surface area contributed by atoms with Crippen LogP contribution in [0.25, 0.3) is 16.5 Å². The van der Waals surface area contributed by atoms with Gasteiger partial charge in [0.15, 0.2) is 0 Å². The number of hydrogen-bond donors (Lipinski definition) is 2. The molecule has 2 heterocycles. The van der Waals surface area contributed by atoms with E-state index < -0.39 is 37.3 Å². The second-order valence-corrected chi connectivity index (χ2v) is 14.7. The SMILES string of the molecule is O=c1c2ccccc2c(C=Nc2cccc(S(=O)(=O)N3CCCCCC3)c2)c(O)n1-c1cccc(S(=O)(=O)Nc2ccccc2F)c1. The van der Waals surface area contributed by atoms with Crippen LogP contribution in [0.2, 0.25) is 0 Å². The van der Waals surface area contributed by atoms with Crippen molar-refractivity contribution in [2.45, 2.75) is 35.5 Å². The lowest BCUT2D eigenvalue weighted by Crippen LogP contribution is -2.31. The largest absolute Gasteiger partial charge is 0.494 e. The van der Waals surface area contributed by atoms with Gasteiger partial charge in [-0.25, -0.2) is 25.8 Å². The molecule has 0 amide bonds. The van der Waals surface area contributed by atoms with Gasteiger partial charge in [-0.1, -0.05) is 55.3 Å². The van der Waals surface area contributed by atoms with Gasteiger partial charge in [-0.05, 0) is 67.4 Å². The molecule has 6 rings (SSSR count). The number of nitrogens with zero attached hydrogens (tertiary/aromatic N) is 3. The van der Waals surface area contributed by atoms with E-state index in [1.165, 1.54) is 65.1 Å². The Hall–Kier alpha value is -4.85. The molecule has 10 nitrogen and oxygen atoms in total. The minimum atomic E-state index is -4.28. The average molecular weight is 675 g/mol. The van der Waals surface area contributed by atoms with Crippen LogP contribution in [0, 0.1) is 5.82 Å². The highest BCUT2D eigenvalue weighted by Crippen LogP contribution is 2.29. The van der Waals surface area contributed by atoms with Crippen LogP contribution < -0.4 is 10.3 Å². The van der Waals surface area contributed by atoms with Crippen molar-refractivity contribution in [3.63, 3.8) is 0 Å². The molecule has 0 spiro atoms. The van der Waals surface area contributed by atoms with E-state index in [1.54, 1.807) is 36.4 Å². The highest BCUT2D eigenvalue weighted by atomic mass is 32.2. The Kier molecular flexibility index (Phi) is 8.95. The first-order valence-corrected chi connectivity index (χ1v) is 17.9. The summed E-state index contributed by atoms with van der Waals surface area (Å²) in [7, 11) is -8.01. The van der Waals surface area contributed by atoms with Gasteiger partial charge in [-0.15, -0.1) is 0 Å². The molecule has 1 aliphatic heterocycles. The third-order valence-electron chi connectivity index (χ3n) is 7.97. The molecule has 1 aliphatic rings. The number of rotatable bonds is 8. The van der Waals surface area contributed by atoms with E-state index in [9.17, 15) is 31.1 Å². The lowest BCUT2D eigenvalue weighted by atomic mass is 10.1. The maximum absolute atomic E-state index is 14.2. The summed E-state index contributed by atoms with van der Waals surface area (Å²) in [6.07, 6.45) is 4.92.